The molecule has 0 saturated carbocycles. The largest absolute Gasteiger partial charge is 0.469 e. The van der Waals surface area contributed by atoms with Crippen LogP contribution >= 0.6 is 0 Å². The highest BCUT2D eigenvalue weighted by atomic mass is 16.7. The second-order valence-electron chi connectivity index (χ2n) is 5.15. The van der Waals surface area contributed by atoms with E-state index in [1.807, 2.05) is 44.2 Å². The fourth-order valence-corrected chi connectivity index (χ4v) is 1.78. The molecule has 128 valence electrons. The van der Waals surface area contributed by atoms with E-state index in [2.05, 4.69) is 4.74 Å². The smallest absolute Gasteiger partial charge is 0.319 e. The van der Waals surface area contributed by atoms with Crippen LogP contribution in [0.2, 0.25) is 0 Å². The standard InChI is InChI=1S/C17H24O6/c1-13(2)21-9-10-22-17(11-14-7-5-4-6-8-14)23-16(19)12-15(18)20-3/h4-8,13,17H,9-12H2,1-3H3. The van der Waals surface area contributed by atoms with E-state index in [9.17, 15) is 9.59 Å². The van der Waals surface area contributed by atoms with Gasteiger partial charge in [-0.3, -0.25) is 9.59 Å². The van der Waals surface area contributed by atoms with Gasteiger partial charge in [0, 0.05) is 6.42 Å². The van der Waals surface area contributed by atoms with Crippen molar-refractivity contribution in [1.29, 1.82) is 0 Å². The van der Waals surface area contributed by atoms with Crippen LogP contribution in [0.4, 0.5) is 0 Å². The lowest BCUT2D eigenvalue weighted by Gasteiger charge is -2.19. The summed E-state index contributed by atoms with van der Waals surface area (Å²) in [6.07, 6.45) is -0.707. The Bertz CT molecular complexity index is 471. The van der Waals surface area contributed by atoms with Gasteiger partial charge in [-0.25, -0.2) is 0 Å². The Morgan fingerprint density at radius 3 is 2.26 bits per heavy atom. The summed E-state index contributed by atoms with van der Waals surface area (Å²) in [4.78, 5) is 22.8. The lowest BCUT2D eigenvalue weighted by atomic mass is 10.1. The van der Waals surface area contributed by atoms with Gasteiger partial charge in [-0.2, -0.15) is 0 Å². The second kappa shape index (κ2) is 10.7. The third kappa shape index (κ3) is 8.95. The number of hydrogen-bond acceptors (Lipinski definition) is 6. The molecule has 6 heteroatoms. The predicted molar refractivity (Wildman–Crippen MR) is 83.7 cm³/mol. The van der Waals surface area contributed by atoms with E-state index in [4.69, 9.17) is 14.2 Å². The van der Waals surface area contributed by atoms with E-state index in [1.54, 1.807) is 0 Å². The van der Waals surface area contributed by atoms with Crippen LogP contribution in [-0.4, -0.2) is 44.7 Å². The van der Waals surface area contributed by atoms with Crippen molar-refractivity contribution in [3.05, 3.63) is 35.9 Å². The first-order chi connectivity index (χ1) is 11.0. The molecule has 0 aromatic heterocycles. The van der Waals surface area contributed by atoms with E-state index in [0.29, 0.717) is 19.6 Å². The third-order valence-corrected chi connectivity index (χ3v) is 2.86. The molecule has 0 fully saturated rings. The maximum absolute atomic E-state index is 11.7. The number of carbonyl (C=O) groups excluding carboxylic acids is 2. The maximum atomic E-state index is 11.7. The summed E-state index contributed by atoms with van der Waals surface area (Å²) in [6.45, 7) is 4.55. The molecule has 1 aromatic rings. The normalized spacial score (nSPS) is 12.0. The molecule has 0 amide bonds. The van der Waals surface area contributed by atoms with Gasteiger partial charge in [0.05, 0.1) is 26.4 Å². The van der Waals surface area contributed by atoms with E-state index < -0.39 is 24.6 Å². The zero-order valence-corrected chi connectivity index (χ0v) is 13.8. The molecule has 0 saturated heterocycles. The van der Waals surface area contributed by atoms with Crippen LogP contribution < -0.4 is 0 Å². The minimum absolute atomic E-state index is 0.105. The fourth-order valence-electron chi connectivity index (χ4n) is 1.78. The molecule has 6 nitrogen and oxygen atoms in total. The first kappa shape index (κ1) is 19.1. The van der Waals surface area contributed by atoms with Gasteiger partial charge >= 0.3 is 11.9 Å². The summed E-state index contributed by atoms with van der Waals surface area (Å²) in [5.74, 6) is -1.32. The van der Waals surface area contributed by atoms with Gasteiger partial charge in [0.15, 0.2) is 0 Å². The van der Waals surface area contributed by atoms with Crippen molar-refractivity contribution in [2.45, 2.75) is 39.1 Å². The highest BCUT2D eigenvalue weighted by molar-refractivity contribution is 5.91. The topological polar surface area (TPSA) is 71.1 Å². The average molecular weight is 324 g/mol. The highest BCUT2D eigenvalue weighted by Crippen LogP contribution is 2.09. The number of ether oxygens (including phenoxy) is 4. The molecule has 0 bridgehead atoms. The van der Waals surface area contributed by atoms with Crippen LogP contribution in [0, 0.1) is 0 Å². The van der Waals surface area contributed by atoms with E-state index in [0.717, 1.165) is 5.56 Å². The summed E-state index contributed by atoms with van der Waals surface area (Å²) in [5.41, 5.74) is 0.966. The Morgan fingerprint density at radius 2 is 1.65 bits per heavy atom. The number of rotatable bonds is 10. The molecule has 0 aliphatic rings. The van der Waals surface area contributed by atoms with Crippen LogP contribution in [0.25, 0.3) is 0 Å². The van der Waals surface area contributed by atoms with Crippen LogP contribution in [-0.2, 0) is 35.0 Å². The first-order valence-corrected chi connectivity index (χ1v) is 7.54. The molecular weight excluding hydrogens is 300 g/mol. The lowest BCUT2D eigenvalue weighted by molar-refractivity contribution is -0.183. The molecule has 0 aliphatic carbocycles. The molecule has 1 rings (SSSR count). The zero-order valence-electron chi connectivity index (χ0n) is 13.8. The van der Waals surface area contributed by atoms with Crippen molar-refractivity contribution < 1.29 is 28.5 Å². The molecule has 0 heterocycles. The quantitative estimate of drug-likeness (QED) is 0.284. The maximum Gasteiger partial charge on any atom is 0.319 e. The zero-order chi connectivity index (χ0) is 17.1. The summed E-state index contributed by atoms with van der Waals surface area (Å²) in [7, 11) is 1.22. The van der Waals surface area contributed by atoms with Gasteiger partial charge in [0.2, 0.25) is 6.29 Å². The molecule has 0 aliphatic heterocycles. The SMILES string of the molecule is COC(=O)CC(=O)OC(Cc1ccccc1)OCCOC(C)C. The minimum Gasteiger partial charge on any atom is -0.469 e. The number of esters is 2. The Kier molecular flexibility index (Phi) is 8.94. The average Bonchev–Trinajstić information content (AvgIpc) is 2.52. The van der Waals surface area contributed by atoms with Crippen molar-refractivity contribution >= 4 is 11.9 Å². The molecule has 0 N–H and O–H groups in total. The minimum atomic E-state index is -0.773. The summed E-state index contributed by atoms with van der Waals surface area (Å²) < 4.78 is 20.6. The molecule has 0 radical (unpaired) electrons. The molecule has 0 spiro atoms. The summed E-state index contributed by atoms with van der Waals surface area (Å²) >= 11 is 0. The molecular formula is C17H24O6. The van der Waals surface area contributed by atoms with Crippen molar-refractivity contribution in [2.75, 3.05) is 20.3 Å². The Labute approximate surface area is 136 Å². The fraction of sp³-hybridized carbons (Fsp3) is 0.529. The van der Waals surface area contributed by atoms with Crippen molar-refractivity contribution in [2.24, 2.45) is 0 Å². The predicted octanol–water partition coefficient (Wildman–Crippen LogP) is 2.10. The Balaban J connectivity index is 2.53. The van der Waals surface area contributed by atoms with Gasteiger partial charge in [0.25, 0.3) is 0 Å². The Hall–Kier alpha value is -1.92. The monoisotopic (exact) mass is 324 g/mol. The molecule has 1 unspecified atom stereocenters. The first-order valence-electron chi connectivity index (χ1n) is 7.54. The molecule has 1 atom stereocenters. The van der Waals surface area contributed by atoms with Crippen LogP contribution in [0.3, 0.4) is 0 Å². The number of hydrogen-bond donors (Lipinski definition) is 0. The van der Waals surface area contributed by atoms with E-state index in [-0.39, 0.29) is 6.10 Å². The van der Waals surface area contributed by atoms with Crippen molar-refractivity contribution in [1.82, 2.24) is 0 Å². The van der Waals surface area contributed by atoms with Crippen molar-refractivity contribution in [3.8, 4) is 0 Å². The van der Waals surface area contributed by atoms with Gasteiger partial charge in [-0.1, -0.05) is 30.3 Å². The van der Waals surface area contributed by atoms with Gasteiger partial charge in [-0.05, 0) is 19.4 Å². The van der Waals surface area contributed by atoms with Crippen molar-refractivity contribution in [3.63, 3.8) is 0 Å². The number of benzene rings is 1. The van der Waals surface area contributed by atoms with E-state index >= 15 is 0 Å². The number of methoxy groups -OCH3 is 1. The van der Waals surface area contributed by atoms with Gasteiger partial charge < -0.3 is 18.9 Å². The number of carbonyl (C=O) groups is 2. The summed E-state index contributed by atoms with van der Waals surface area (Å²) in [5, 5.41) is 0. The second-order valence-corrected chi connectivity index (χ2v) is 5.15. The third-order valence-electron chi connectivity index (χ3n) is 2.86. The van der Waals surface area contributed by atoms with Gasteiger partial charge in [-0.15, -0.1) is 0 Å². The van der Waals surface area contributed by atoms with Crippen LogP contribution in [0.15, 0.2) is 30.3 Å². The summed E-state index contributed by atoms with van der Waals surface area (Å²) in [6, 6.07) is 9.51. The van der Waals surface area contributed by atoms with Gasteiger partial charge in [0.1, 0.15) is 6.42 Å². The lowest BCUT2D eigenvalue weighted by Crippen LogP contribution is -2.27. The van der Waals surface area contributed by atoms with Crippen LogP contribution in [0.5, 0.6) is 0 Å². The highest BCUT2D eigenvalue weighted by Gasteiger charge is 2.18. The molecule has 23 heavy (non-hydrogen) atoms. The molecule has 1 aromatic carbocycles. The van der Waals surface area contributed by atoms with E-state index in [1.165, 1.54) is 7.11 Å². The van der Waals surface area contributed by atoms with Crippen LogP contribution in [0.1, 0.15) is 25.8 Å². The Morgan fingerprint density at radius 1 is 1.00 bits per heavy atom.